The molecule has 0 bridgehead atoms. The van der Waals surface area contributed by atoms with E-state index in [1.807, 2.05) is 19.0 Å². The highest BCUT2D eigenvalue weighted by atomic mass is 16.9. The summed E-state index contributed by atoms with van der Waals surface area (Å²) in [5.74, 6) is -0.0511. The Bertz CT molecular complexity index is 208. The van der Waals surface area contributed by atoms with Crippen molar-refractivity contribution in [3.63, 3.8) is 0 Å². The molecule has 0 rings (SSSR count). The molecular weight excluding hydrogens is 202 g/mol. The lowest BCUT2D eigenvalue weighted by molar-refractivity contribution is -0.757. The highest BCUT2D eigenvalue weighted by Gasteiger charge is 2.01. The van der Waals surface area contributed by atoms with E-state index in [2.05, 4.69) is 10.2 Å². The Morgan fingerprint density at radius 3 is 2.73 bits per heavy atom. The molecule has 15 heavy (non-hydrogen) atoms. The number of rotatable bonds is 8. The van der Waals surface area contributed by atoms with Crippen LogP contribution in [0.25, 0.3) is 0 Å². The molecule has 0 aromatic carbocycles. The van der Waals surface area contributed by atoms with Gasteiger partial charge in [-0.2, -0.15) is 0 Å². The molecule has 0 heterocycles. The average molecular weight is 219 g/mol. The summed E-state index contributed by atoms with van der Waals surface area (Å²) < 4.78 is 0. The molecule has 1 N–H and O–H groups in total. The van der Waals surface area contributed by atoms with Crippen molar-refractivity contribution < 1.29 is 14.7 Å². The zero-order chi connectivity index (χ0) is 11.7. The minimum Gasteiger partial charge on any atom is -0.356 e. The number of amides is 1. The summed E-state index contributed by atoms with van der Waals surface area (Å²) in [6, 6.07) is 0. The van der Waals surface area contributed by atoms with Crippen LogP contribution < -0.4 is 5.32 Å². The van der Waals surface area contributed by atoms with E-state index in [-0.39, 0.29) is 12.5 Å². The van der Waals surface area contributed by atoms with E-state index in [4.69, 9.17) is 0 Å². The van der Waals surface area contributed by atoms with Crippen LogP contribution in [0, 0.1) is 10.1 Å². The van der Waals surface area contributed by atoms with Gasteiger partial charge in [-0.3, -0.25) is 4.79 Å². The second-order valence-electron chi connectivity index (χ2n) is 3.31. The van der Waals surface area contributed by atoms with Gasteiger partial charge in [0, 0.05) is 19.5 Å². The molecule has 7 nitrogen and oxygen atoms in total. The fourth-order valence-corrected chi connectivity index (χ4v) is 0.853. The Labute approximate surface area is 88.5 Å². The smallest absolute Gasteiger partial charge is 0.294 e. The molecule has 0 unspecified atom stereocenters. The molecule has 0 fully saturated rings. The van der Waals surface area contributed by atoms with Crippen molar-refractivity contribution in [3.05, 3.63) is 10.1 Å². The van der Waals surface area contributed by atoms with Gasteiger partial charge in [-0.05, 0) is 20.5 Å². The van der Waals surface area contributed by atoms with Gasteiger partial charge >= 0.3 is 0 Å². The van der Waals surface area contributed by atoms with E-state index < -0.39 is 5.09 Å². The maximum atomic E-state index is 11.1. The molecule has 0 saturated carbocycles. The van der Waals surface area contributed by atoms with Crippen LogP contribution in [-0.2, 0) is 9.63 Å². The fourth-order valence-electron chi connectivity index (χ4n) is 0.853. The average Bonchev–Trinajstić information content (AvgIpc) is 2.13. The number of carbonyl (C=O) groups excluding carboxylic acids is 1. The maximum absolute atomic E-state index is 11.1. The predicted octanol–water partition coefficient (Wildman–Crippen LogP) is -0.347. The van der Waals surface area contributed by atoms with Crippen LogP contribution in [0.4, 0.5) is 0 Å². The van der Waals surface area contributed by atoms with Crippen molar-refractivity contribution in [2.24, 2.45) is 0 Å². The first-order valence-corrected chi connectivity index (χ1v) is 4.71. The fraction of sp³-hybridized carbons (Fsp3) is 0.875. The lowest BCUT2D eigenvalue weighted by Crippen LogP contribution is -2.28. The molecule has 0 aliphatic heterocycles. The van der Waals surface area contributed by atoms with E-state index >= 15 is 0 Å². The Hall–Kier alpha value is -1.37. The number of nitrogens with zero attached hydrogens (tertiary/aromatic N) is 2. The minimum atomic E-state index is -0.839. The van der Waals surface area contributed by atoms with Gasteiger partial charge in [0.25, 0.3) is 5.09 Å². The largest absolute Gasteiger partial charge is 0.356 e. The molecule has 0 atom stereocenters. The SMILES string of the molecule is CN(C)CCC(=O)NCCCO[N+](=O)[O-]. The first-order valence-electron chi connectivity index (χ1n) is 4.71. The summed E-state index contributed by atoms with van der Waals surface area (Å²) in [5.41, 5.74) is 0. The van der Waals surface area contributed by atoms with Crippen molar-refractivity contribution >= 4 is 5.91 Å². The standard InChI is InChI=1S/C8H17N3O4/c1-10(2)6-4-8(12)9-5-3-7-15-11(13)14/h3-7H2,1-2H3,(H,9,12). The summed E-state index contributed by atoms with van der Waals surface area (Å²) in [6.07, 6.45) is 0.873. The third-order valence-corrected chi connectivity index (χ3v) is 1.63. The van der Waals surface area contributed by atoms with Gasteiger partial charge in [0.15, 0.2) is 0 Å². The Morgan fingerprint density at radius 1 is 1.53 bits per heavy atom. The molecule has 0 aliphatic rings. The highest BCUT2D eigenvalue weighted by molar-refractivity contribution is 5.75. The van der Waals surface area contributed by atoms with Crippen LogP contribution >= 0.6 is 0 Å². The summed E-state index contributed by atoms with van der Waals surface area (Å²) >= 11 is 0. The molecule has 88 valence electrons. The zero-order valence-corrected chi connectivity index (χ0v) is 9.06. The third-order valence-electron chi connectivity index (χ3n) is 1.63. The highest BCUT2D eigenvalue weighted by Crippen LogP contribution is 1.85. The normalized spacial score (nSPS) is 10.1. The zero-order valence-electron chi connectivity index (χ0n) is 9.06. The van der Waals surface area contributed by atoms with E-state index in [0.29, 0.717) is 25.9 Å². The summed E-state index contributed by atoms with van der Waals surface area (Å²) in [6.45, 7) is 1.11. The molecule has 0 spiro atoms. The molecule has 0 saturated heterocycles. The van der Waals surface area contributed by atoms with Gasteiger partial charge < -0.3 is 15.1 Å². The van der Waals surface area contributed by atoms with E-state index in [0.717, 1.165) is 0 Å². The summed E-state index contributed by atoms with van der Waals surface area (Å²) in [7, 11) is 3.77. The third kappa shape index (κ3) is 10.6. The minimum absolute atomic E-state index is 0.0148. The summed E-state index contributed by atoms with van der Waals surface area (Å²) in [5, 5.41) is 11.6. The number of hydrogen-bond acceptors (Lipinski definition) is 5. The topological polar surface area (TPSA) is 84.7 Å². The van der Waals surface area contributed by atoms with Crippen molar-refractivity contribution in [2.75, 3.05) is 33.8 Å². The lowest BCUT2D eigenvalue weighted by Gasteiger charge is -2.09. The molecule has 7 heteroatoms. The summed E-state index contributed by atoms with van der Waals surface area (Å²) in [4.78, 5) is 26.9. The van der Waals surface area contributed by atoms with Crippen LogP contribution in [-0.4, -0.2) is 49.7 Å². The van der Waals surface area contributed by atoms with E-state index in [1.54, 1.807) is 0 Å². The van der Waals surface area contributed by atoms with Crippen molar-refractivity contribution in [1.29, 1.82) is 0 Å². The second kappa shape index (κ2) is 7.98. The monoisotopic (exact) mass is 219 g/mol. The molecule has 1 amide bonds. The molecule has 0 aromatic rings. The predicted molar refractivity (Wildman–Crippen MR) is 53.7 cm³/mol. The number of hydrogen-bond donors (Lipinski definition) is 1. The quantitative estimate of drug-likeness (QED) is 0.343. The van der Waals surface area contributed by atoms with Gasteiger partial charge in [-0.15, -0.1) is 10.1 Å². The van der Waals surface area contributed by atoms with Crippen LogP contribution in [0.15, 0.2) is 0 Å². The lowest BCUT2D eigenvalue weighted by atomic mass is 10.3. The number of nitrogens with one attached hydrogen (secondary N) is 1. The first kappa shape index (κ1) is 13.6. The van der Waals surface area contributed by atoms with Crippen molar-refractivity contribution in [1.82, 2.24) is 10.2 Å². The van der Waals surface area contributed by atoms with Crippen molar-refractivity contribution in [2.45, 2.75) is 12.8 Å². The van der Waals surface area contributed by atoms with Crippen LogP contribution in [0.1, 0.15) is 12.8 Å². The molecular formula is C8H17N3O4. The Kier molecular flexibility index (Phi) is 7.25. The molecule has 0 radical (unpaired) electrons. The van der Waals surface area contributed by atoms with Gasteiger partial charge in [-0.25, -0.2) is 0 Å². The van der Waals surface area contributed by atoms with Crippen molar-refractivity contribution in [3.8, 4) is 0 Å². The van der Waals surface area contributed by atoms with E-state index in [9.17, 15) is 14.9 Å². The number of carbonyl (C=O) groups is 1. The van der Waals surface area contributed by atoms with Crippen LogP contribution in [0.3, 0.4) is 0 Å². The second-order valence-corrected chi connectivity index (χ2v) is 3.31. The van der Waals surface area contributed by atoms with Gasteiger partial charge in [0.1, 0.15) is 0 Å². The Morgan fingerprint density at radius 2 is 2.20 bits per heavy atom. The molecule has 0 aliphatic carbocycles. The van der Waals surface area contributed by atoms with E-state index in [1.165, 1.54) is 0 Å². The maximum Gasteiger partial charge on any atom is 0.294 e. The Balaban J connectivity index is 3.28. The van der Waals surface area contributed by atoms with Gasteiger partial charge in [-0.1, -0.05) is 0 Å². The van der Waals surface area contributed by atoms with Gasteiger partial charge in [0.2, 0.25) is 5.91 Å². The van der Waals surface area contributed by atoms with Crippen LogP contribution in [0.5, 0.6) is 0 Å². The van der Waals surface area contributed by atoms with Gasteiger partial charge in [0.05, 0.1) is 6.61 Å². The van der Waals surface area contributed by atoms with Crippen LogP contribution in [0.2, 0.25) is 0 Å². The first-order chi connectivity index (χ1) is 7.02. The molecule has 0 aromatic heterocycles.